The molecule has 1 aromatic carbocycles. The molecule has 0 heterocycles. The Morgan fingerprint density at radius 2 is 2.05 bits per heavy atom. The van der Waals surface area contributed by atoms with Crippen LogP contribution in [0.1, 0.15) is 36.2 Å². The van der Waals surface area contributed by atoms with Crippen LogP contribution in [0.4, 0.5) is 0 Å². The average Bonchev–Trinajstić information content (AvgIpc) is 2.37. The lowest BCUT2D eigenvalue weighted by molar-refractivity contribution is -0.138. The van der Waals surface area contributed by atoms with Gasteiger partial charge in [0.25, 0.3) is 5.91 Å². The summed E-state index contributed by atoms with van der Waals surface area (Å²) in [5.41, 5.74) is 1.36. The Morgan fingerprint density at radius 3 is 2.58 bits per heavy atom. The van der Waals surface area contributed by atoms with Crippen LogP contribution in [0.2, 0.25) is 0 Å². The van der Waals surface area contributed by atoms with E-state index in [-0.39, 0.29) is 18.5 Å². The molecule has 104 valence electrons. The first-order chi connectivity index (χ1) is 8.88. The van der Waals surface area contributed by atoms with Gasteiger partial charge >= 0.3 is 5.97 Å². The van der Waals surface area contributed by atoms with E-state index < -0.39 is 5.97 Å². The van der Waals surface area contributed by atoms with Gasteiger partial charge in [-0.3, -0.25) is 9.59 Å². The van der Waals surface area contributed by atoms with Crippen LogP contribution in [0.25, 0.3) is 0 Å². The molecule has 0 fully saturated rings. The first-order valence-corrected chi connectivity index (χ1v) is 6.95. The Labute approximate surface area is 121 Å². The van der Waals surface area contributed by atoms with Gasteiger partial charge in [-0.25, -0.2) is 0 Å². The molecule has 0 aliphatic heterocycles. The van der Waals surface area contributed by atoms with Gasteiger partial charge in [0.15, 0.2) is 0 Å². The fourth-order valence-electron chi connectivity index (χ4n) is 1.79. The van der Waals surface area contributed by atoms with Gasteiger partial charge in [0.2, 0.25) is 0 Å². The Balaban J connectivity index is 3.11. The number of aliphatic carboxylic acids is 1. The van der Waals surface area contributed by atoms with Crippen molar-refractivity contribution >= 4 is 27.8 Å². The van der Waals surface area contributed by atoms with E-state index in [1.54, 1.807) is 12.1 Å². The van der Waals surface area contributed by atoms with Crippen molar-refractivity contribution in [1.29, 1.82) is 0 Å². The van der Waals surface area contributed by atoms with Crippen molar-refractivity contribution in [2.75, 3.05) is 6.54 Å². The number of hydrogen-bond donors (Lipinski definition) is 1. The zero-order valence-electron chi connectivity index (χ0n) is 11.3. The Morgan fingerprint density at radius 1 is 1.42 bits per heavy atom. The molecule has 1 atom stereocenters. The van der Waals surface area contributed by atoms with E-state index in [2.05, 4.69) is 15.9 Å². The lowest BCUT2D eigenvalue weighted by Crippen LogP contribution is -2.42. The number of halogens is 1. The molecule has 1 aromatic rings. The first-order valence-electron chi connectivity index (χ1n) is 6.16. The molecule has 1 N–H and O–H groups in total. The summed E-state index contributed by atoms with van der Waals surface area (Å²) in [7, 11) is 0. The summed E-state index contributed by atoms with van der Waals surface area (Å²) in [6.45, 7) is 5.35. The predicted molar refractivity (Wildman–Crippen MR) is 77.3 cm³/mol. The summed E-state index contributed by atoms with van der Waals surface area (Å²) >= 11 is 3.38. The zero-order chi connectivity index (χ0) is 14.6. The van der Waals surface area contributed by atoms with Gasteiger partial charge in [0.05, 0.1) is 0 Å². The molecule has 0 bridgehead atoms. The number of benzene rings is 1. The SMILES string of the molecule is CCC(C)N(CC(=O)O)C(=O)c1cccc(Br)c1C. The molecule has 4 nitrogen and oxygen atoms in total. The second kappa shape index (κ2) is 6.70. The number of rotatable bonds is 5. The van der Waals surface area contributed by atoms with Crippen LogP contribution in [-0.2, 0) is 4.79 Å². The number of carboxylic acid groups (broad SMARTS) is 1. The van der Waals surface area contributed by atoms with Crippen LogP contribution in [-0.4, -0.2) is 34.5 Å². The summed E-state index contributed by atoms with van der Waals surface area (Å²) in [6, 6.07) is 5.25. The molecule has 5 heteroatoms. The zero-order valence-corrected chi connectivity index (χ0v) is 12.9. The minimum atomic E-state index is -0.999. The van der Waals surface area contributed by atoms with Crippen molar-refractivity contribution < 1.29 is 14.7 Å². The van der Waals surface area contributed by atoms with Gasteiger partial charge < -0.3 is 10.0 Å². The van der Waals surface area contributed by atoms with Gasteiger partial charge in [0.1, 0.15) is 6.54 Å². The number of nitrogens with zero attached hydrogens (tertiary/aromatic N) is 1. The highest BCUT2D eigenvalue weighted by Gasteiger charge is 2.24. The van der Waals surface area contributed by atoms with Gasteiger partial charge in [0, 0.05) is 16.1 Å². The molecule has 0 aliphatic carbocycles. The molecule has 1 rings (SSSR count). The minimum absolute atomic E-state index is 0.109. The van der Waals surface area contributed by atoms with Crippen molar-refractivity contribution in [3.8, 4) is 0 Å². The highest BCUT2D eigenvalue weighted by Crippen LogP contribution is 2.21. The van der Waals surface area contributed by atoms with Crippen LogP contribution < -0.4 is 0 Å². The molecule has 19 heavy (non-hydrogen) atoms. The maximum atomic E-state index is 12.5. The second-order valence-corrected chi connectivity index (χ2v) is 5.35. The lowest BCUT2D eigenvalue weighted by Gasteiger charge is -2.27. The predicted octanol–water partition coefficient (Wildman–Crippen LogP) is 3.08. The van der Waals surface area contributed by atoms with Crippen LogP contribution in [0.3, 0.4) is 0 Å². The van der Waals surface area contributed by atoms with Crippen LogP contribution >= 0.6 is 15.9 Å². The maximum Gasteiger partial charge on any atom is 0.323 e. The van der Waals surface area contributed by atoms with Gasteiger partial charge in [-0.1, -0.05) is 28.9 Å². The van der Waals surface area contributed by atoms with Crippen LogP contribution in [0, 0.1) is 6.92 Å². The summed E-state index contributed by atoms with van der Waals surface area (Å²) in [5.74, 6) is -1.24. The number of carboxylic acids is 1. The number of hydrogen-bond acceptors (Lipinski definition) is 2. The lowest BCUT2D eigenvalue weighted by atomic mass is 10.1. The fraction of sp³-hybridized carbons (Fsp3) is 0.429. The smallest absolute Gasteiger partial charge is 0.323 e. The number of amides is 1. The van der Waals surface area contributed by atoms with E-state index in [1.807, 2.05) is 26.8 Å². The minimum Gasteiger partial charge on any atom is -0.480 e. The third-order valence-electron chi connectivity index (χ3n) is 3.19. The molecule has 0 aliphatic rings. The standard InChI is InChI=1S/C14H18BrNO3/c1-4-9(2)16(8-13(17)18)14(19)11-6-5-7-12(15)10(11)3/h5-7,9H,4,8H2,1-3H3,(H,17,18). The van der Waals surface area contributed by atoms with Crippen molar-refractivity contribution in [2.45, 2.75) is 33.2 Å². The van der Waals surface area contributed by atoms with E-state index in [1.165, 1.54) is 4.90 Å². The fourth-order valence-corrected chi connectivity index (χ4v) is 2.15. The highest BCUT2D eigenvalue weighted by molar-refractivity contribution is 9.10. The molecular weight excluding hydrogens is 310 g/mol. The first kappa shape index (κ1) is 15.7. The third kappa shape index (κ3) is 3.80. The Kier molecular flexibility index (Phi) is 5.54. The van der Waals surface area contributed by atoms with E-state index in [9.17, 15) is 9.59 Å². The molecular formula is C14H18BrNO3. The monoisotopic (exact) mass is 327 g/mol. The van der Waals surface area contributed by atoms with E-state index in [4.69, 9.17) is 5.11 Å². The van der Waals surface area contributed by atoms with E-state index >= 15 is 0 Å². The van der Waals surface area contributed by atoms with Crippen molar-refractivity contribution in [3.63, 3.8) is 0 Å². The van der Waals surface area contributed by atoms with Crippen LogP contribution in [0.15, 0.2) is 22.7 Å². The van der Waals surface area contributed by atoms with Gasteiger partial charge in [-0.2, -0.15) is 0 Å². The van der Waals surface area contributed by atoms with E-state index in [0.29, 0.717) is 12.0 Å². The van der Waals surface area contributed by atoms with Crippen molar-refractivity contribution in [1.82, 2.24) is 4.90 Å². The molecule has 1 amide bonds. The quantitative estimate of drug-likeness (QED) is 0.904. The molecule has 0 aromatic heterocycles. The van der Waals surface area contributed by atoms with Gasteiger partial charge in [-0.15, -0.1) is 0 Å². The molecule has 0 saturated carbocycles. The van der Waals surface area contributed by atoms with Gasteiger partial charge in [-0.05, 0) is 38.0 Å². The summed E-state index contributed by atoms with van der Waals surface area (Å²) in [6.07, 6.45) is 0.714. The number of carbonyl (C=O) groups excluding carboxylic acids is 1. The normalized spacial score (nSPS) is 12.0. The average molecular weight is 328 g/mol. The number of carbonyl (C=O) groups is 2. The van der Waals surface area contributed by atoms with E-state index in [0.717, 1.165) is 10.0 Å². The molecule has 0 spiro atoms. The third-order valence-corrected chi connectivity index (χ3v) is 4.05. The Bertz CT molecular complexity index is 488. The summed E-state index contributed by atoms with van der Waals surface area (Å²) in [5, 5.41) is 8.94. The summed E-state index contributed by atoms with van der Waals surface area (Å²) < 4.78 is 0.845. The van der Waals surface area contributed by atoms with Crippen LogP contribution in [0.5, 0.6) is 0 Å². The second-order valence-electron chi connectivity index (χ2n) is 4.50. The summed E-state index contributed by atoms with van der Waals surface area (Å²) in [4.78, 5) is 24.8. The largest absolute Gasteiger partial charge is 0.480 e. The molecule has 0 radical (unpaired) electrons. The Hall–Kier alpha value is -1.36. The molecule has 1 unspecified atom stereocenters. The van der Waals surface area contributed by atoms with Crippen molar-refractivity contribution in [3.05, 3.63) is 33.8 Å². The van der Waals surface area contributed by atoms with Crippen molar-refractivity contribution in [2.24, 2.45) is 0 Å². The topological polar surface area (TPSA) is 57.6 Å². The highest BCUT2D eigenvalue weighted by atomic mass is 79.9. The maximum absolute atomic E-state index is 12.5. The molecule has 0 saturated heterocycles.